The van der Waals surface area contributed by atoms with Crippen LogP contribution in [-0.2, 0) is 11.0 Å². The molecule has 2 atom stereocenters. The number of hydrogen-bond donors (Lipinski definition) is 1. The third-order valence-electron chi connectivity index (χ3n) is 5.39. The number of alkyl halides is 3. The molecule has 2 fully saturated rings. The minimum absolute atomic E-state index is 0.0482. The zero-order chi connectivity index (χ0) is 17.5. The van der Waals surface area contributed by atoms with Gasteiger partial charge in [0, 0.05) is 25.0 Å². The number of carbonyl (C=O) groups is 1. The molecule has 24 heavy (non-hydrogen) atoms. The first kappa shape index (κ1) is 17.3. The Bertz CT molecular complexity index is 621. The number of likely N-dealkylation sites (tertiary alicyclic amines) is 1. The van der Waals surface area contributed by atoms with E-state index >= 15 is 0 Å². The lowest BCUT2D eigenvalue weighted by molar-refractivity contribution is -0.138. The summed E-state index contributed by atoms with van der Waals surface area (Å²) >= 11 is 0. The van der Waals surface area contributed by atoms with Gasteiger partial charge in [-0.15, -0.1) is 0 Å². The SMILES string of the molecule is CC(C)N1C[C@H](c2cccc(C(F)(F)F)c2)[C@@]2(CCCNC2)C1=O. The van der Waals surface area contributed by atoms with E-state index in [4.69, 9.17) is 0 Å². The van der Waals surface area contributed by atoms with Crippen LogP contribution < -0.4 is 5.32 Å². The first-order valence-corrected chi connectivity index (χ1v) is 8.44. The summed E-state index contributed by atoms with van der Waals surface area (Å²) in [5.74, 6) is -0.130. The van der Waals surface area contributed by atoms with E-state index in [-0.39, 0.29) is 17.9 Å². The first-order chi connectivity index (χ1) is 11.3. The minimum atomic E-state index is -4.37. The molecule has 2 aliphatic rings. The van der Waals surface area contributed by atoms with Crippen molar-refractivity contribution in [2.24, 2.45) is 5.41 Å². The van der Waals surface area contributed by atoms with E-state index in [0.29, 0.717) is 18.7 Å². The van der Waals surface area contributed by atoms with Gasteiger partial charge in [0.2, 0.25) is 5.91 Å². The molecule has 0 bridgehead atoms. The van der Waals surface area contributed by atoms with Crippen LogP contribution in [0.25, 0.3) is 0 Å². The fraction of sp³-hybridized carbons (Fsp3) is 0.611. The lowest BCUT2D eigenvalue weighted by Crippen LogP contribution is -2.48. The second-order valence-corrected chi connectivity index (χ2v) is 7.16. The van der Waals surface area contributed by atoms with Gasteiger partial charge in [-0.3, -0.25) is 4.79 Å². The van der Waals surface area contributed by atoms with Crippen molar-refractivity contribution in [3.63, 3.8) is 0 Å². The molecule has 132 valence electrons. The van der Waals surface area contributed by atoms with E-state index in [1.165, 1.54) is 12.1 Å². The Balaban J connectivity index is 2.03. The van der Waals surface area contributed by atoms with E-state index in [1.54, 1.807) is 6.07 Å². The number of amides is 1. The maximum absolute atomic E-state index is 13.1. The van der Waals surface area contributed by atoms with Crippen LogP contribution in [0.5, 0.6) is 0 Å². The highest BCUT2D eigenvalue weighted by atomic mass is 19.4. The van der Waals surface area contributed by atoms with E-state index in [2.05, 4.69) is 5.32 Å². The Kier molecular flexibility index (Phi) is 4.36. The van der Waals surface area contributed by atoms with Gasteiger partial charge in [0.15, 0.2) is 0 Å². The average molecular weight is 340 g/mol. The van der Waals surface area contributed by atoms with E-state index in [9.17, 15) is 18.0 Å². The monoisotopic (exact) mass is 340 g/mol. The number of rotatable bonds is 2. The maximum Gasteiger partial charge on any atom is 0.416 e. The first-order valence-electron chi connectivity index (χ1n) is 8.44. The molecule has 0 radical (unpaired) electrons. The van der Waals surface area contributed by atoms with Crippen molar-refractivity contribution in [3.8, 4) is 0 Å². The van der Waals surface area contributed by atoms with E-state index in [0.717, 1.165) is 25.5 Å². The predicted octanol–water partition coefficient (Wildman–Crippen LogP) is 3.41. The molecule has 1 N–H and O–H groups in total. The Hall–Kier alpha value is -1.56. The summed E-state index contributed by atoms with van der Waals surface area (Å²) < 4.78 is 39.2. The fourth-order valence-electron chi connectivity index (χ4n) is 4.10. The van der Waals surface area contributed by atoms with Crippen LogP contribution in [0.3, 0.4) is 0 Å². The average Bonchev–Trinajstić information content (AvgIpc) is 2.81. The predicted molar refractivity (Wildman–Crippen MR) is 85.6 cm³/mol. The molecule has 0 aromatic heterocycles. The van der Waals surface area contributed by atoms with Crippen molar-refractivity contribution in [3.05, 3.63) is 35.4 Å². The molecule has 0 aliphatic carbocycles. The summed E-state index contributed by atoms with van der Waals surface area (Å²) in [6, 6.07) is 5.54. The molecule has 1 spiro atoms. The van der Waals surface area contributed by atoms with Crippen LogP contribution in [0.15, 0.2) is 24.3 Å². The number of piperidine rings is 1. The summed E-state index contributed by atoms with van der Waals surface area (Å²) in [4.78, 5) is 14.9. The maximum atomic E-state index is 13.1. The third kappa shape index (κ3) is 2.81. The normalized spacial score (nSPS) is 28.2. The van der Waals surface area contributed by atoms with Gasteiger partial charge in [0.25, 0.3) is 0 Å². The second kappa shape index (κ2) is 6.06. The Morgan fingerprint density at radius 2 is 2.08 bits per heavy atom. The Morgan fingerprint density at radius 3 is 2.67 bits per heavy atom. The van der Waals surface area contributed by atoms with Crippen LogP contribution in [0.2, 0.25) is 0 Å². The van der Waals surface area contributed by atoms with Crippen molar-refractivity contribution < 1.29 is 18.0 Å². The highest BCUT2D eigenvalue weighted by Crippen LogP contribution is 2.49. The van der Waals surface area contributed by atoms with Crippen molar-refractivity contribution in [1.82, 2.24) is 10.2 Å². The molecule has 1 aromatic rings. The van der Waals surface area contributed by atoms with Crippen LogP contribution in [0.1, 0.15) is 43.7 Å². The van der Waals surface area contributed by atoms with Crippen LogP contribution in [0.4, 0.5) is 13.2 Å². The van der Waals surface area contributed by atoms with Gasteiger partial charge < -0.3 is 10.2 Å². The second-order valence-electron chi connectivity index (χ2n) is 7.16. The summed E-state index contributed by atoms with van der Waals surface area (Å²) in [7, 11) is 0. The van der Waals surface area contributed by atoms with Gasteiger partial charge in [-0.25, -0.2) is 0 Å². The number of nitrogens with zero attached hydrogens (tertiary/aromatic N) is 1. The third-order valence-corrected chi connectivity index (χ3v) is 5.39. The lowest BCUT2D eigenvalue weighted by atomic mass is 9.69. The van der Waals surface area contributed by atoms with Crippen molar-refractivity contribution in [2.75, 3.05) is 19.6 Å². The molecule has 3 rings (SSSR count). The minimum Gasteiger partial charge on any atom is -0.339 e. The molecular formula is C18H23F3N2O. The van der Waals surface area contributed by atoms with Gasteiger partial charge in [-0.05, 0) is 44.9 Å². The summed E-state index contributed by atoms with van der Waals surface area (Å²) in [5, 5.41) is 3.28. The molecule has 0 unspecified atom stereocenters. The smallest absolute Gasteiger partial charge is 0.339 e. The number of carbonyl (C=O) groups excluding carboxylic acids is 1. The summed E-state index contributed by atoms with van der Waals surface area (Å²) in [6.45, 7) is 5.79. The molecular weight excluding hydrogens is 317 g/mol. The van der Waals surface area contributed by atoms with Gasteiger partial charge in [0.1, 0.15) is 0 Å². The van der Waals surface area contributed by atoms with Gasteiger partial charge >= 0.3 is 6.18 Å². The van der Waals surface area contributed by atoms with Gasteiger partial charge in [-0.2, -0.15) is 13.2 Å². The molecule has 1 amide bonds. The van der Waals surface area contributed by atoms with E-state index in [1.807, 2.05) is 18.7 Å². The van der Waals surface area contributed by atoms with Crippen molar-refractivity contribution >= 4 is 5.91 Å². The van der Waals surface area contributed by atoms with Crippen LogP contribution >= 0.6 is 0 Å². The lowest BCUT2D eigenvalue weighted by Gasteiger charge is -2.37. The molecule has 1 aromatic carbocycles. The van der Waals surface area contributed by atoms with Crippen LogP contribution in [0, 0.1) is 5.41 Å². The standard InChI is InChI=1S/C18H23F3N2O/c1-12(2)23-10-15(17(16(23)24)7-4-8-22-11-17)13-5-3-6-14(9-13)18(19,20)21/h3,5-6,9,12,15,22H,4,7-8,10-11H2,1-2H3/t15-,17+/m1/s1. The zero-order valence-corrected chi connectivity index (χ0v) is 14.0. The molecule has 2 heterocycles. The summed E-state index contributed by atoms with van der Waals surface area (Å²) in [6.07, 6.45) is -2.77. The topological polar surface area (TPSA) is 32.3 Å². The highest BCUT2D eigenvalue weighted by molar-refractivity contribution is 5.87. The Labute approximate surface area is 140 Å². The van der Waals surface area contributed by atoms with Gasteiger partial charge in [-0.1, -0.05) is 18.2 Å². The molecule has 3 nitrogen and oxygen atoms in total. The Morgan fingerprint density at radius 1 is 1.33 bits per heavy atom. The number of nitrogens with one attached hydrogen (secondary N) is 1. The fourth-order valence-corrected chi connectivity index (χ4v) is 4.10. The largest absolute Gasteiger partial charge is 0.416 e. The van der Waals surface area contributed by atoms with Crippen molar-refractivity contribution in [2.45, 2.75) is 44.8 Å². The van der Waals surface area contributed by atoms with Gasteiger partial charge in [0.05, 0.1) is 11.0 Å². The quantitative estimate of drug-likeness (QED) is 0.895. The van der Waals surface area contributed by atoms with Crippen LogP contribution in [-0.4, -0.2) is 36.5 Å². The number of halogens is 3. The summed E-state index contributed by atoms with van der Waals surface area (Å²) in [5.41, 5.74) is -0.647. The number of hydrogen-bond acceptors (Lipinski definition) is 2. The highest BCUT2D eigenvalue weighted by Gasteiger charge is 2.55. The molecule has 6 heteroatoms. The molecule has 0 saturated carbocycles. The zero-order valence-electron chi connectivity index (χ0n) is 14.0. The molecule has 2 aliphatic heterocycles. The van der Waals surface area contributed by atoms with E-state index < -0.39 is 17.2 Å². The van der Waals surface area contributed by atoms with Crippen molar-refractivity contribution in [1.29, 1.82) is 0 Å². The molecule has 2 saturated heterocycles. The number of benzene rings is 1.